The van der Waals surface area contributed by atoms with Gasteiger partial charge in [-0.1, -0.05) is 24.3 Å². The predicted molar refractivity (Wildman–Crippen MR) is 149 cm³/mol. The maximum atomic E-state index is 13.5. The van der Waals surface area contributed by atoms with Gasteiger partial charge in [0, 0.05) is 5.56 Å². The van der Waals surface area contributed by atoms with Crippen LogP contribution in [0.15, 0.2) is 48.0 Å². The monoisotopic (exact) mass is 566 g/mol. The number of anilines is 1. The summed E-state index contributed by atoms with van der Waals surface area (Å²) in [5, 5.41) is 11.5. The van der Waals surface area contributed by atoms with Gasteiger partial charge in [-0.2, -0.15) is 0 Å². The first kappa shape index (κ1) is 28.6. The Labute approximate surface area is 235 Å². The number of hydrogen-bond acceptors (Lipinski definition) is 10. The van der Waals surface area contributed by atoms with Crippen molar-refractivity contribution in [2.24, 2.45) is 0 Å². The maximum Gasteiger partial charge on any atom is 0.350 e. The number of carbonyl (C=O) groups excluding carboxylic acids is 3. The number of aromatic nitrogens is 1. The second-order valence-electron chi connectivity index (χ2n) is 8.79. The van der Waals surface area contributed by atoms with Crippen LogP contribution in [-0.4, -0.2) is 55.2 Å². The molecule has 0 saturated carbocycles. The van der Waals surface area contributed by atoms with Crippen LogP contribution in [0.25, 0.3) is 5.76 Å². The average Bonchev–Trinajstić information content (AvgIpc) is 3.47. The van der Waals surface area contributed by atoms with Crippen molar-refractivity contribution >= 4 is 39.9 Å². The zero-order valence-corrected chi connectivity index (χ0v) is 23.7. The minimum atomic E-state index is -1.07. The maximum absolute atomic E-state index is 13.5. The summed E-state index contributed by atoms with van der Waals surface area (Å²) >= 11 is 0.927. The summed E-state index contributed by atoms with van der Waals surface area (Å²) in [6.07, 6.45) is 0.793. The van der Waals surface area contributed by atoms with E-state index in [4.69, 9.17) is 18.9 Å². The Morgan fingerprint density at radius 1 is 1.05 bits per heavy atom. The third-order valence-electron chi connectivity index (χ3n) is 6.22. The number of aliphatic hydroxyl groups excluding tert-OH is 1. The molecule has 210 valence electrons. The van der Waals surface area contributed by atoms with Crippen LogP contribution in [0.5, 0.6) is 17.2 Å². The molecule has 40 heavy (non-hydrogen) atoms. The van der Waals surface area contributed by atoms with Gasteiger partial charge in [0.15, 0.2) is 16.6 Å². The first-order valence-corrected chi connectivity index (χ1v) is 13.5. The molecule has 1 saturated heterocycles. The lowest BCUT2D eigenvalue weighted by Crippen LogP contribution is -2.29. The molecular weight excluding hydrogens is 536 g/mol. The molecule has 0 aliphatic carbocycles. The highest BCUT2D eigenvalue weighted by Gasteiger charge is 2.48. The molecule has 2 heterocycles. The minimum absolute atomic E-state index is 0.114. The van der Waals surface area contributed by atoms with E-state index in [1.165, 1.54) is 19.1 Å². The average molecular weight is 567 g/mol. The highest BCUT2D eigenvalue weighted by atomic mass is 32.1. The lowest BCUT2D eigenvalue weighted by Gasteiger charge is -2.24. The van der Waals surface area contributed by atoms with Crippen LogP contribution in [-0.2, 0) is 14.3 Å². The van der Waals surface area contributed by atoms with Gasteiger partial charge in [0.05, 0.1) is 44.7 Å². The molecule has 3 aromatic rings. The van der Waals surface area contributed by atoms with E-state index < -0.39 is 23.7 Å². The number of amides is 1. The number of carbonyl (C=O) groups is 3. The summed E-state index contributed by atoms with van der Waals surface area (Å²) in [4.78, 5) is 45.1. The molecular formula is C29H30N2O8S. The third kappa shape index (κ3) is 5.37. The van der Waals surface area contributed by atoms with Crippen molar-refractivity contribution in [2.75, 3.05) is 32.3 Å². The van der Waals surface area contributed by atoms with Crippen LogP contribution in [0.4, 0.5) is 5.13 Å². The molecule has 4 rings (SSSR count). The Hall–Kier alpha value is -4.38. The second kappa shape index (κ2) is 12.2. The number of aryl methyl sites for hydroxylation is 1. The molecule has 1 aromatic heterocycles. The third-order valence-corrected chi connectivity index (χ3v) is 7.35. The van der Waals surface area contributed by atoms with Gasteiger partial charge in [0.2, 0.25) is 0 Å². The number of ketones is 1. The quantitative estimate of drug-likeness (QED) is 0.155. The van der Waals surface area contributed by atoms with Crippen molar-refractivity contribution in [3.63, 3.8) is 0 Å². The molecule has 0 spiro atoms. The topological polar surface area (TPSA) is 124 Å². The van der Waals surface area contributed by atoms with Crippen molar-refractivity contribution in [2.45, 2.75) is 33.2 Å². The number of ether oxygens (including phenoxy) is 4. The molecule has 0 radical (unpaired) electrons. The standard InChI is InChI=1S/C29H30N2O8S/c1-6-14-39-20-13-10-18(15-21(20)38-7-2)23-22(24(32)17-8-11-19(36-4)12-9-17)25(33)27(34)31(23)29-30-16(3)26(40-29)28(35)37-5/h8-13,15,23,32H,6-7,14H2,1-5H3. The Balaban J connectivity index is 1.93. The van der Waals surface area contributed by atoms with E-state index in [9.17, 15) is 19.5 Å². The molecule has 1 N–H and O–H groups in total. The number of nitrogens with zero attached hydrogens (tertiary/aromatic N) is 2. The van der Waals surface area contributed by atoms with Gasteiger partial charge < -0.3 is 24.1 Å². The number of benzene rings is 2. The summed E-state index contributed by atoms with van der Waals surface area (Å²) in [5.74, 6) is -1.26. The second-order valence-corrected chi connectivity index (χ2v) is 9.77. The molecule has 1 amide bonds. The number of Topliss-reactive ketones (excluding diaryl/α,β-unsaturated/α-hetero) is 1. The summed E-state index contributed by atoms with van der Waals surface area (Å²) in [7, 11) is 2.77. The SMILES string of the molecule is CCCOc1ccc(C2C(=C(O)c3ccc(OC)cc3)C(=O)C(=O)N2c2nc(C)c(C(=O)OC)s2)cc1OCC. The Kier molecular flexibility index (Phi) is 8.73. The molecule has 10 nitrogen and oxygen atoms in total. The number of esters is 1. The van der Waals surface area contributed by atoms with E-state index in [-0.39, 0.29) is 21.3 Å². The first-order chi connectivity index (χ1) is 19.2. The van der Waals surface area contributed by atoms with Crippen molar-refractivity contribution in [3.8, 4) is 17.2 Å². The number of thiazole rings is 1. The fourth-order valence-corrected chi connectivity index (χ4v) is 5.32. The Morgan fingerprint density at radius 2 is 1.77 bits per heavy atom. The van der Waals surface area contributed by atoms with Crippen LogP contribution >= 0.6 is 11.3 Å². The number of rotatable bonds is 10. The largest absolute Gasteiger partial charge is 0.507 e. The number of methoxy groups -OCH3 is 2. The molecule has 1 fully saturated rings. The Bertz CT molecular complexity index is 1460. The van der Waals surface area contributed by atoms with Gasteiger partial charge in [-0.25, -0.2) is 9.78 Å². The normalized spacial score (nSPS) is 16.2. The predicted octanol–water partition coefficient (Wildman–Crippen LogP) is 5.06. The summed E-state index contributed by atoms with van der Waals surface area (Å²) in [5.41, 5.74) is 1.02. The first-order valence-electron chi connectivity index (χ1n) is 12.7. The van der Waals surface area contributed by atoms with Gasteiger partial charge in [0.1, 0.15) is 16.4 Å². The molecule has 0 bridgehead atoms. The van der Waals surface area contributed by atoms with Crippen LogP contribution in [0.2, 0.25) is 0 Å². The van der Waals surface area contributed by atoms with Crippen molar-refractivity contribution < 1.29 is 38.4 Å². The lowest BCUT2D eigenvalue weighted by molar-refractivity contribution is -0.132. The molecule has 1 atom stereocenters. The van der Waals surface area contributed by atoms with Crippen LogP contribution in [0.3, 0.4) is 0 Å². The summed E-state index contributed by atoms with van der Waals surface area (Å²) < 4.78 is 21.7. The van der Waals surface area contributed by atoms with Crippen LogP contribution in [0.1, 0.15) is 52.8 Å². The molecule has 2 aromatic carbocycles. The van der Waals surface area contributed by atoms with Gasteiger partial charge in [0.25, 0.3) is 5.78 Å². The van der Waals surface area contributed by atoms with Gasteiger partial charge in [-0.3, -0.25) is 14.5 Å². The lowest BCUT2D eigenvalue weighted by atomic mass is 9.95. The van der Waals surface area contributed by atoms with E-state index in [1.54, 1.807) is 49.4 Å². The summed E-state index contributed by atoms with van der Waals surface area (Å²) in [6, 6.07) is 10.5. The van der Waals surface area contributed by atoms with Crippen LogP contribution in [0, 0.1) is 6.92 Å². The zero-order chi connectivity index (χ0) is 29.0. The smallest absolute Gasteiger partial charge is 0.350 e. The highest BCUT2D eigenvalue weighted by Crippen LogP contribution is 2.45. The van der Waals surface area contributed by atoms with E-state index in [2.05, 4.69) is 4.98 Å². The van der Waals surface area contributed by atoms with Crippen molar-refractivity contribution in [1.29, 1.82) is 0 Å². The zero-order valence-electron chi connectivity index (χ0n) is 22.8. The van der Waals surface area contributed by atoms with Gasteiger partial charge in [-0.15, -0.1) is 0 Å². The van der Waals surface area contributed by atoms with Crippen LogP contribution < -0.4 is 19.1 Å². The summed E-state index contributed by atoms with van der Waals surface area (Å²) in [6.45, 7) is 6.26. The van der Waals surface area contributed by atoms with E-state index in [0.717, 1.165) is 17.8 Å². The fraction of sp³-hybridized carbons (Fsp3) is 0.310. The minimum Gasteiger partial charge on any atom is -0.507 e. The van der Waals surface area contributed by atoms with E-state index in [1.807, 2.05) is 13.8 Å². The fourth-order valence-electron chi connectivity index (χ4n) is 4.31. The highest BCUT2D eigenvalue weighted by molar-refractivity contribution is 7.17. The van der Waals surface area contributed by atoms with E-state index in [0.29, 0.717) is 47.3 Å². The molecule has 11 heteroatoms. The van der Waals surface area contributed by atoms with E-state index >= 15 is 0 Å². The number of hydrogen-bond donors (Lipinski definition) is 1. The van der Waals surface area contributed by atoms with Crippen molar-refractivity contribution in [3.05, 3.63) is 69.7 Å². The van der Waals surface area contributed by atoms with Gasteiger partial charge >= 0.3 is 11.9 Å². The Morgan fingerprint density at radius 3 is 2.40 bits per heavy atom. The number of aliphatic hydroxyl groups is 1. The molecule has 1 aliphatic rings. The molecule has 1 aliphatic heterocycles. The van der Waals surface area contributed by atoms with Gasteiger partial charge in [-0.05, 0) is 62.2 Å². The van der Waals surface area contributed by atoms with Crippen molar-refractivity contribution in [1.82, 2.24) is 4.98 Å². The molecule has 1 unspecified atom stereocenters.